The monoisotopic (exact) mass is 412 g/mol. The summed E-state index contributed by atoms with van der Waals surface area (Å²) in [5.74, 6) is 0. The predicted octanol–water partition coefficient (Wildman–Crippen LogP) is 4.88. The number of pyridine rings is 2. The largest absolute Gasteiger partial charge is 0.392 e. The van der Waals surface area contributed by atoms with Crippen molar-refractivity contribution in [2.45, 2.75) is 6.61 Å². The van der Waals surface area contributed by atoms with Gasteiger partial charge in [0.1, 0.15) is 11.3 Å². The molecule has 142 valence electrons. The van der Waals surface area contributed by atoms with Crippen molar-refractivity contribution in [2.24, 2.45) is 0 Å². The molecule has 0 fully saturated rings. The summed E-state index contributed by atoms with van der Waals surface area (Å²) in [6.07, 6.45) is 7.80. The Labute approximate surface area is 173 Å². The minimum absolute atomic E-state index is 0. The van der Waals surface area contributed by atoms with Crippen LogP contribution in [0.3, 0.4) is 0 Å². The molecular formula is C21H18Cl2N4O. The number of halogens is 2. The lowest BCUT2D eigenvalue weighted by Gasteiger charge is -2.04. The van der Waals surface area contributed by atoms with Crippen LogP contribution in [0.25, 0.3) is 39.1 Å². The fraction of sp³-hybridized carbons (Fsp3) is 0.0476. The maximum absolute atomic E-state index is 9.35. The van der Waals surface area contributed by atoms with Crippen molar-refractivity contribution in [1.29, 1.82) is 0 Å². The van der Waals surface area contributed by atoms with E-state index in [1.165, 1.54) is 0 Å². The van der Waals surface area contributed by atoms with Gasteiger partial charge in [0, 0.05) is 35.7 Å². The van der Waals surface area contributed by atoms with Crippen LogP contribution in [-0.4, -0.2) is 24.5 Å². The van der Waals surface area contributed by atoms with Crippen LogP contribution in [0.1, 0.15) is 5.56 Å². The fourth-order valence-electron chi connectivity index (χ4n) is 3.23. The molecule has 0 radical (unpaired) electrons. The van der Waals surface area contributed by atoms with Gasteiger partial charge in [0.25, 0.3) is 0 Å². The van der Waals surface area contributed by atoms with E-state index in [4.69, 9.17) is 4.98 Å². The average molecular weight is 413 g/mol. The van der Waals surface area contributed by atoms with Gasteiger partial charge in [-0.15, -0.1) is 24.8 Å². The predicted molar refractivity (Wildman–Crippen MR) is 116 cm³/mol. The molecule has 0 spiro atoms. The Morgan fingerprint density at radius 1 is 0.929 bits per heavy atom. The number of imidazole rings is 1. The van der Waals surface area contributed by atoms with Gasteiger partial charge < -0.3 is 14.5 Å². The number of fused-ring (bicyclic) bond motifs is 2. The Balaban J connectivity index is 0.00000112. The van der Waals surface area contributed by atoms with Crippen molar-refractivity contribution in [3.05, 3.63) is 78.9 Å². The number of aliphatic hydroxyl groups is 1. The molecule has 0 amide bonds. The lowest BCUT2D eigenvalue weighted by molar-refractivity contribution is 0.282. The molecule has 0 saturated carbocycles. The Bertz CT molecular complexity index is 1250. The molecule has 4 heterocycles. The van der Waals surface area contributed by atoms with Gasteiger partial charge in [0.2, 0.25) is 0 Å². The molecule has 4 aromatic heterocycles. The van der Waals surface area contributed by atoms with Gasteiger partial charge >= 0.3 is 0 Å². The smallest absolute Gasteiger partial charge is 0.137 e. The highest BCUT2D eigenvalue weighted by molar-refractivity contribution is 5.85. The molecule has 0 aliphatic heterocycles. The van der Waals surface area contributed by atoms with Crippen molar-refractivity contribution in [3.63, 3.8) is 0 Å². The van der Waals surface area contributed by atoms with Gasteiger partial charge in [-0.25, -0.2) is 9.97 Å². The minimum Gasteiger partial charge on any atom is -0.392 e. The van der Waals surface area contributed by atoms with E-state index in [0.717, 1.165) is 44.6 Å². The molecule has 28 heavy (non-hydrogen) atoms. The molecule has 7 heteroatoms. The van der Waals surface area contributed by atoms with Gasteiger partial charge in [-0.3, -0.25) is 0 Å². The third-order valence-corrected chi connectivity index (χ3v) is 4.59. The number of hydrogen-bond acceptors (Lipinski definition) is 3. The summed E-state index contributed by atoms with van der Waals surface area (Å²) in [4.78, 5) is 12.3. The van der Waals surface area contributed by atoms with Crippen LogP contribution in [0.5, 0.6) is 0 Å². The number of rotatable bonds is 3. The number of hydrogen-bond donors (Lipinski definition) is 2. The standard InChI is InChI=1S/C21H16N4O.2ClH/c26-13-14-2-1-3-15(8-14)17-4-5-20-24-19(12-25(20)11-17)18-9-16-6-7-22-21(16)23-10-18;;/h1-12,26H,13H2,(H,22,23);2*1H. The normalized spacial score (nSPS) is 10.6. The average Bonchev–Trinajstić information content (AvgIpc) is 3.33. The maximum Gasteiger partial charge on any atom is 0.137 e. The second-order valence-corrected chi connectivity index (χ2v) is 6.31. The van der Waals surface area contributed by atoms with Crippen molar-refractivity contribution < 1.29 is 5.11 Å². The number of aliphatic hydroxyl groups excluding tert-OH is 1. The van der Waals surface area contributed by atoms with E-state index in [-0.39, 0.29) is 31.4 Å². The number of aromatic nitrogens is 4. The summed E-state index contributed by atoms with van der Waals surface area (Å²) >= 11 is 0. The zero-order valence-corrected chi connectivity index (χ0v) is 16.4. The maximum atomic E-state index is 9.35. The molecule has 5 aromatic rings. The van der Waals surface area contributed by atoms with Crippen LogP contribution in [0.4, 0.5) is 0 Å². The highest BCUT2D eigenvalue weighted by Crippen LogP contribution is 2.25. The van der Waals surface area contributed by atoms with E-state index in [1.807, 2.05) is 59.4 Å². The summed E-state index contributed by atoms with van der Waals surface area (Å²) in [5, 5.41) is 10.4. The van der Waals surface area contributed by atoms with Crippen molar-refractivity contribution in [1.82, 2.24) is 19.4 Å². The molecule has 5 nitrogen and oxygen atoms in total. The summed E-state index contributed by atoms with van der Waals surface area (Å²) in [7, 11) is 0. The first-order chi connectivity index (χ1) is 12.8. The van der Waals surface area contributed by atoms with Gasteiger partial charge in [-0.2, -0.15) is 0 Å². The minimum atomic E-state index is 0. The number of aromatic amines is 1. The first kappa shape index (κ1) is 19.9. The van der Waals surface area contributed by atoms with Gasteiger partial charge in [0.15, 0.2) is 0 Å². The Hall–Kier alpha value is -2.86. The van der Waals surface area contributed by atoms with Crippen LogP contribution in [0, 0.1) is 0 Å². The molecule has 0 aliphatic carbocycles. The van der Waals surface area contributed by atoms with Crippen molar-refractivity contribution in [3.8, 4) is 22.4 Å². The first-order valence-corrected chi connectivity index (χ1v) is 8.42. The van der Waals surface area contributed by atoms with E-state index in [9.17, 15) is 5.11 Å². The van der Waals surface area contributed by atoms with Gasteiger partial charge in [0.05, 0.1) is 12.3 Å². The van der Waals surface area contributed by atoms with Gasteiger partial charge in [-0.05, 0) is 47.0 Å². The topological polar surface area (TPSA) is 66.2 Å². The summed E-state index contributed by atoms with van der Waals surface area (Å²) in [6, 6.07) is 16.1. The fourth-order valence-corrected chi connectivity index (χ4v) is 3.23. The van der Waals surface area contributed by atoms with Crippen LogP contribution in [0.15, 0.2) is 73.3 Å². The van der Waals surface area contributed by atoms with E-state index in [0.29, 0.717) is 0 Å². The number of nitrogens with zero attached hydrogens (tertiary/aromatic N) is 3. The SMILES string of the molecule is Cl.Cl.OCc1cccc(-c2ccc3nc(-c4cnc5[nH]ccc5c4)cn3c2)c1. The Morgan fingerprint density at radius 3 is 2.68 bits per heavy atom. The highest BCUT2D eigenvalue weighted by Gasteiger charge is 2.08. The van der Waals surface area contributed by atoms with Crippen molar-refractivity contribution >= 4 is 41.5 Å². The van der Waals surface area contributed by atoms with E-state index in [1.54, 1.807) is 0 Å². The van der Waals surface area contributed by atoms with E-state index in [2.05, 4.69) is 28.3 Å². The van der Waals surface area contributed by atoms with Crippen LogP contribution < -0.4 is 0 Å². The van der Waals surface area contributed by atoms with Crippen LogP contribution in [-0.2, 0) is 6.61 Å². The van der Waals surface area contributed by atoms with Gasteiger partial charge in [-0.1, -0.05) is 18.2 Å². The first-order valence-electron chi connectivity index (χ1n) is 8.42. The third-order valence-electron chi connectivity index (χ3n) is 4.59. The van der Waals surface area contributed by atoms with Crippen LogP contribution >= 0.6 is 24.8 Å². The molecule has 1 aromatic carbocycles. The van der Waals surface area contributed by atoms with Crippen LogP contribution in [0.2, 0.25) is 0 Å². The zero-order chi connectivity index (χ0) is 17.5. The second-order valence-electron chi connectivity index (χ2n) is 6.31. The molecular weight excluding hydrogens is 395 g/mol. The van der Waals surface area contributed by atoms with E-state index < -0.39 is 0 Å². The number of H-pyrrole nitrogens is 1. The summed E-state index contributed by atoms with van der Waals surface area (Å²) < 4.78 is 2.03. The highest BCUT2D eigenvalue weighted by atomic mass is 35.5. The summed E-state index contributed by atoms with van der Waals surface area (Å²) in [5.41, 5.74) is 6.70. The lowest BCUT2D eigenvalue weighted by Crippen LogP contribution is -1.87. The summed E-state index contributed by atoms with van der Waals surface area (Å²) in [6.45, 7) is 0.0416. The molecule has 2 N–H and O–H groups in total. The lowest BCUT2D eigenvalue weighted by atomic mass is 10.1. The molecule has 0 aliphatic rings. The molecule has 0 bridgehead atoms. The molecule has 0 atom stereocenters. The Morgan fingerprint density at radius 2 is 1.82 bits per heavy atom. The zero-order valence-electron chi connectivity index (χ0n) is 14.7. The molecule has 0 saturated heterocycles. The van der Waals surface area contributed by atoms with Crippen molar-refractivity contribution in [2.75, 3.05) is 0 Å². The quantitative estimate of drug-likeness (QED) is 0.443. The van der Waals surface area contributed by atoms with E-state index >= 15 is 0 Å². The third kappa shape index (κ3) is 3.47. The Kier molecular flexibility index (Phi) is 5.70. The second kappa shape index (κ2) is 8.02. The molecule has 0 unspecified atom stereocenters. The molecule has 5 rings (SSSR count). The number of benzene rings is 1. The number of nitrogens with one attached hydrogen (secondary N) is 1.